The van der Waals surface area contributed by atoms with Crippen LogP contribution in [0, 0.1) is 0 Å². The van der Waals surface area contributed by atoms with Gasteiger partial charge in [0.15, 0.2) is 0 Å². The molecule has 3 rings (SSSR count). The summed E-state index contributed by atoms with van der Waals surface area (Å²) in [7, 11) is 0. The van der Waals surface area contributed by atoms with Crippen molar-refractivity contribution in [2.45, 2.75) is 19.4 Å². The first kappa shape index (κ1) is 13.8. The average Bonchev–Trinajstić information content (AvgIpc) is 2.99. The zero-order valence-electron chi connectivity index (χ0n) is 11.6. The third-order valence-corrected chi connectivity index (χ3v) is 4.25. The standard InChI is InChI=1S/C16H20ClN3/c17-15-6-5-13(16-14(15)4-3-7-19-16)12-18-8-11-20-9-1-2-10-20/h3-7,18H,1-2,8-12H2. The minimum Gasteiger partial charge on any atom is -0.311 e. The first-order valence-corrected chi connectivity index (χ1v) is 7.67. The Morgan fingerprint density at radius 2 is 2.05 bits per heavy atom. The van der Waals surface area contributed by atoms with Crippen molar-refractivity contribution in [3.63, 3.8) is 0 Å². The van der Waals surface area contributed by atoms with Crippen molar-refractivity contribution in [3.8, 4) is 0 Å². The largest absolute Gasteiger partial charge is 0.311 e. The van der Waals surface area contributed by atoms with Crippen molar-refractivity contribution in [3.05, 3.63) is 41.0 Å². The van der Waals surface area contributed by atoms with E-state index in [0.717, 1.165) is 35.6 Å². The molecule has 1 aliphatic heterocycles. The Kier molecular flexibility index (Phi) is 4.51. The molecule has 2 aromatic rings. The summed E-state index contributed by atoms with van der Waals surface area (Å²) in [5.41, 5.74) is 2.22. The molecule has 0 aliphatic carbocycles. The summed E-state index contributed by atoms with van der Waals surface area (Å²) in [6.45, 7) is 5.52. The number of aromatic nitrogens is 1. The number of halogens is 1. The molecular weight excluding hydrogens is 270 g/mol. The highest BCUT2D eigenvalue weighted by atomic mass is 35.5. The van der Waals surface area contributed by atoms with Gasteiger partial charge in [0.25, 0.3) is 0 Å². The lowest BCUT2D eigenvalue weighted by Crippen LogP contribution is -2.29. The summed E-state index contributed by atoms with van der Waals surface area (Å²) in [6.07, 6.45) is 4.53. The topological polar surface area (TPSA) is 28.2 Å². The summed E-state index contributed by atoms with van der Waals surface area (Å²) in [6, 6.07) is 7.99. The van der Waals surface area contributed by atoms with E-state index >= 15 is 0 Å². The number of likely N-dealkylation sites (tertiary alicyclic amines) is 1. The summed E-state index contributed by atoms with van der Waals surface area (Å²) >= 11 is 6.21. The van der Waals surface area contributed by atoms with Crippen LogP contribution in [0.5, 0.6) is 0 Å². The van der Waals surface area contributed by atoms with Gasteiger partial charge in [-0.3, -0.25) is 4.98 Å². The lowest BCUT2D eigenvalue weighted by Gasteiger charge is -2.15. The van der Waals surface area contributed by atoms with Gasteiger partial charge in [-0.25, -0.2) is 0 Å². The first-order valence-electron chi connectivity index (χ1n) is 7.30. The highest BCUT2D eigenvalue weighted by Gasteiger charge is 2.10. The number of hydrogen-bond acceptors (Lipinski definition) is 3. The van der Waals surface area contributed by atoms with Crippen molar-refractivity contribution >= 4 is 22.5 Å². The maximum Gasteiger partial charge on any atom is 0.0761 e. The van der Waals surface area contributed by atoms with Crippen LogP contribution in [0.25, 0.3) is 10.9 Å². The van der Waals surface area contributed by atoms with Crippen molar-refractivity contribution in [1.82, 2.24) is 15.2 Å². The second kappa shape index (κ2) is 6.53. The lowest BCUT2D eigenvalue weighted by molar-refractivity contribution is 0.336. The van der Waals surface area contributed by atoms with Gasteiger partial charge in [0, 0.05) is 36.2 Å². The van der Waals surface area contributed by atoms with E-state index in [-0.39, 0.29) is 0 Å². The number of fused-ring (bicyclic) bond motifs is 1. The van der Waals surface area contributed by atoms with E-state index in [2.05, 4.69) is 21.3 Å². The van der Waals surface area contributed by atoms with Crippen molar-refractivity contribution in [2.75, 3.05) is 26.2 Å². The Balaban J connectivity index is 1.61. The fraction of sp³-hybridized carbons (Fsp3) is 0.438. The maximum atomic E-state index is 6.21. The zero-order valence-corrected chi connectivity index (χ0v) is 12.4. The number of hydrogen-bond donors (Lipinski definition) is 1. The zero-order chi connectivity index (χ0) is 13.8. The molecule has 1 fully saturated rings. The lowest BCUT2D eigenvalue weighted by atomic mass is 10.1. The number of pyridine rings is 1. The normalized spacial score (nSPS) is 16.1. The molecule has 1 aromatic carbocycles. The smallest absolute Gasteiger partial charge is 0.0761 e. The molecular formula is C16H20ClN3. The summed E-state index contributed by atoms with van der Waals surface area (Å²) in [5.74, 6) is 0. The van der Waals surface area contributed by atoms with Crippen LogP contribution in [0.15, 0.2) is 30.5 Å². The van der Waals surface area contributed by atoms with Crippen LogP contribution in [0.3, 0.4) is 0 Å². The van der Waals surface area contributed by atoms with E-state index in [1.807, 2.05) is 24.4 Å². The molecule has 2 heterocycles. The minimum absolute atomic E-state index is 0.772. The Morgan fingerprint density at radius 1 is 1.20 bits per heavy atom. The van der Waals surface area contributed by atoms with E-state index in [4.69, 9.17) is 11.6 Å². The molecule has 1 saturated heterocycles. The van der Waals surface area contributed by atoms with Crippen LogP contribution < -0.4 is 5.32 Å². The van der Waals surface area contributed by atoms with E-state index in [1.165, 1.54) is 31.5 Å². The van der Waals surface area contributed by atoms with Crippen molar-refractivity contribution in [1.29, 1.82) is 0 Å². The molecule has 0 bridgehead atoms. The predicted octanol–water partition coefficient (Wildman–Crippen LogP) is 3.07. The number of benzene rings is 1. The second-order valence-corrected chi connectivity index (χ2v) is 5.74. The summed E-state index contributed by atoms with van der Waals surface area (Å²) < 4.78 is 0. The van der Waals surface area contributed by atoms with Gasteiger partial charge in [-0.05, 0) is 49.7 Å². The van der Waals surface area contributed by atoms with Crippen LogP contribution >= 0.6 is 11.6 Å². The summed E-state index contributed by atoms with van der Waals surface area (Å²) in [4.78, 5) is 6.98. The van der Waals surface area contributed by atoms with Gasteiger partial charge < -0.3 is 10.2 Å². The molecule has 1 aliphatic rings. The molecule has 0 amide bonds. The van der Waals surface area contributed by atoms with Gasteiger partial charge >= 0.3 is 0 Å². The van der Waals surface area contributed by atoms with Gasteiger partial charge in [-0.1, -0.05) is 17.7 Å². The predicted molar refractivity (Wildman–Crippen MR) is 84.1 cm³/mol. The number of nitrogens with one attached hydrogen (secondary N) is 1. The van der Waals surface area contributed by atoms with E-state index in [0.29, 0.717) is 0 Å². The van der Waals surface area contributed by atoms with Gasteiger partial charge in [-0.2, -0.15) is 0 Å². The minimum atomic E-state index is 0.772. The monoisotopic (exact) mass is 289 g/mol. The molecule has 0 radical (unpaired) electrons. The van der Waals surface area contributed by atoms with E-state index in [9.17, 15) is 0 Å². The molecule has 4 heteroatoms. The van der Waals surface area contributed by atoms with Crippen LogP contribution in [-0.2, 0) is 6.54 Å². The highest BCUT2D eigenvalue weighted by Crippen LogP contribution is 2.24. The quantitative estimate of drug-likeness (QED) is 0.858. The van der Waals surface area contributed by atoms with Crippen LogP contribution in [0.2, 0.25) is 5.02 Å². The number of rotatable bonds is 5. The Bertz CT molecular complexity index is 579. The SMILES string of the molecule is Clc1ccc(CNCCN2CCCC2)c2ncccc12. The molecule has 20 heavy (non-hydrogen) atoms. The molecule has 0 spiro atoms. The van der Waals surface area contributed by atoms with Gasteiger partial charge in [-0.15, -0.1) is 0 Å². The Morgan fingerprint density at radius 3 is 2.90 bits per heavy atom. The molecule has 0 saturated carbocycles. The first-order chi connectivity index (χ1) is 9.84. The van der Waals surface area contributed by atoms with Crippen molar-refractivity contribution < 1.29 is 0 Å². The summed E-state index contributed by atoms with van der Waals surface area (Å²) in [5, 5.41) is 5.32. The van der Waals surface area contributed by atoms with Crippen LogP contribution in [-0.4, -0.2) is 36.1 Å². The van der Waals surface area contributed by atoms with Gasteiger partial charge in [0.1, 0.15) is 0 Å². The fourth-order valence-electron chi connectivity index (χ4n) is 2.81. The van der Waals surface area contributed by atoms with Gasteiger partial charge in [0.05, 0.1) is 5.52 Å². The molecule has 0 atom stereocenters. The maximum absolute atomic E-state index is 6.21. The fourth-order valence-corrected chi connectivity index (χ4v) is 3.02. The average molecular weight is 290 g/mol. The third-order valence-electron chi connectivity index (χ3n) is 3.92. The Hall–Kier alpha value is -1.16. The van der Waals surface area contributed by atoms with Crippen molar-refractivity contribution in [2.24, 2.45) is 0 Å². The third kappa shape index (κ3) is 3.11. The van der Waals surface area contributed by atoms with Crippen LogP contribution in [0.4, 0.5) is 0 Å². The van der Waals surface area contributed by atoms with E-state index < -0.39 is 0 Å². The molecule has 0 unspecified atom stereocenters. The highest BCUT2D eigenvalue weighted by molar-refractivity contribution is 6.35. The van der Waals surface area contributed by atoms with E-state index in [1.54, 1.807) is 0 Å². The molecule has 1 aromatic heterocycles. The second-order valence-electron chi connectivity index (χ2n) is 5.33. The molecule has 3 nitrogen and oxygen atoms in total. The van der Waals surface area contributed by atoms with Crippen LogP contribution in [0.1, 0.15) is 18.4 Å². The number of nitrogens with zero attached hydrogens (tertiary/aromatic N) is 2. The van der Waals surface area contributed by atoms with Gasteiger partial charge in [0.2, 0.25) is 0 Å². The molecule has 106 valence electrons. The molecule has 1 N–H and O–H groups in total. The Labute approximate surface area is 124 Å².